The molecule has 25 heavy (non-hydrogen) atoms. The maximum Gasteiger partial charge on any atom is 0.266 e. The number of carbonyl (C=O) groups excluding carboxylic acids is 1. The minimum atomic E-state index is -0.00720. The molecule has 6 heteroatoms. The van der Waals surface area contributed by atoms with E-state index >= 15 is 0 Å². The van der Waals surface area contributed by atoms with Crippen LogP contribution in [0.5, 0.6) is 11.5 Å². The molecule has 2 rings (SSSR count). The number of nitrogens with zero attached hydrogens (tertiary/aromatic N) is 2. The van der Waals surface area contributed by atoms with Gasteiger partial charge in [0.05, 0.1) is 19.9 Å². The van der Waals surface area contributed by atoms with E-state index in [1.54, 1.807) is 19.1 Å². The number of amides is 1. The second-order valence-electron chi connectivity index (χ2n) is 5.78. The highest BCUT2D eigenvalue weighted by Gasteiger charge is 2.21. The normalized spacial score (nSPS) is 10.4. The van der Waals surface area contributed by atoms with Crippen molar-refractivity contribution in [3.05, 3.63) is 40.9 Å². The van der Waals surface area contributed by atoms with Gasteiger partial charge >= 0.3 is 0 Å². The number of rotatable bonds is 7. The largest absolute Gasteiger partial charge is 0.493 e. The van der Waals surface area contributed by atoms with E-state index in [1.807, 2.05) is 39.0 Å². The number of aromatic nitrogens is 1. The third-order valence-corrected chi connectivity index (χ3v) is 4.95. The third kappa shape index (κ3) is 4.20. The Morgan fingerprint density at radius 3 is 2.52 bits per heavy atom. The highest BCUT2D eigenvalue weighted by Crippen LogP contribution is 2.35. The van der Waals surface area contributed by atoms with Gasteiger partial charge in [-0.2, -0.15) is 0 Å². The number of benzene rings is 1. The number of methoxy groups -OCH3 is 2. The molecule has 0 aliphatic heterocycles. The molecule has 134 valence electrons. The summed E-state index contributed by atoms with van der Waals surface area (Å²) in [4.78, 5) is 19.8. The van der Waals surface area contributed by atoms with Crippen LogP contribution >= 0.6 is 11.3 Å². The summed E-state index contributed by atoms with van der Waals surface area (Å²) in [6, 6.07) is 5.63. The van der Waals surface area contributed by atoms with Gasteiger partial charge < -0.3 is 14.4 Å². The van der Waals surface area contributed by atoms with Gasteiger partial charge in [-0.1, -0.05) is 12.2 Å². The minimum Gasteiger partial charge on any atom is -0.493 e. The SMILES string of the molecule is C=C(C)CN(CC)C(=O)c1sc(-c2ccc(OC)c(OC)c2)nc1C. The Morgan fingerprint density at radius 1 is 1.28 bits per heavy atom. The highest BCUT2D eigenvalue weighted by molar-refractivity contribution is 7.17. The van der Waals surface area contributed by atoms with Gasteiger partial charge in [-0.05, 0) is 39.0 Å². The van der Waals surface area contributed by atoms with E-state index in [9.17, 15) is 4.79 Å². The van der Waals surface area contributed by atoms with Crippen LogP contribution in [0.4, 0.5) is 0 Å². The molecule has 0 N–H and O–H groups in total. The Hall–Kier alpha value is -2.34. The lowest BCUT2D eigenvalue weighted by Gasteiger charge is -2.20. The summed E-state index contributed by atoms with van der Waals surface area (Å²) in [5.74, 6) is 1.29. The second kappa shape index (κ2) is 8.16. The third-order valence-electron chi connectivity index (χ3n) is 3.75. The maximum atomic E-state index is 12.8. The van der Waals surface area contributed by atoms with Crippen molar-refractivity contribution in [2.75, 3.05) is 27.3 Å². The molecular weight excluding hydrogens is 336 g/mol. The second-order valence-corrected chi connectivity index (χ2v) is 6.78. The zero-order valence-corrected chi connectivity index (χ0v) is 16.2. The van der Waals surface area contributed by atoms with E-state index in [1.165, 1.54) is 11.3 Å². The molecular formula is C19H24N2O3S. The molecule has 0 spiro atoms. The molecule has 0 fully saturated rings. The average molecular weight is 360 g/mol. The fourth-order valence-electron chi connectivity index (χ4n) is 2.48. The molecule has 2 aromatic rings. The van der Waals surface area contributed by atoms with E-state index in [-0.39, 0.29) is 5.91 Å². The maximum absolute atomic E-state index is 12.8. The van der Waals surface area contributed by atoms with E-state index in [2.05, 4.69) is 11.6 Å². The number of carbonyl (C=O) groups is 1. The Labute approximate surface area is 152 Å². The van der Waals surface area contributed by atoms with E-state index in [0.29, 0.717) is 29.5 Å². The molecule has 0 aliphatic carbocycles. The number of thiazole rings is 1. The van der Waals surface area contributed by atoms with Crippen molar-refractivity contribution in [3.63, 3.8) is 0 Å². The van der Waals surface area contributed by atoms with Gasteiger partial charge in [0.25, 0.3) is 5.91 Å². The van der Waals surface area contributed by atoms with Crippen LogP contribution in [0.3, 0.4) is 0 Å². The molecule has 0 aliphatic rings. The first-order valence-corrected chi connectivity index (χ1v) is 8.86. The fourth-order valence-corrected chi connectivity index (χ4v) is 3.51. The standard InChI is InChI=1S/C19H24N2O3S/c1-7-21(11-12(2)3)19(22)17-13(4)20-18(25-17)14-8-9-15(23-5)16(10-14)24-6/h8-10H,2,7,11H2,1,3-6H3. The Kier molecular flexibility index (Phi) is 6.20. The van der Waals surface area contributed by atoms with Crippen molar-refractivity contribution >= 4 is 17.2 Å². The molecule has 1 aromatic carbocycles. The van der Waals surface area contributed by atoms with Crippen LogP contribution in [0, 0.1) is 6.92 Å². The summed E-state index contributed by atoms with van der Waals surface area (Å²) in [6.07, 6.45) is 0. The number of hydrogen-bond acceptors (Lipinski definition) is 5. The lowest BCUT2D eigenvalue weighted by Crippen LogP contribution is -2.32. The monoisotopic (exact) mass is 360 g/mol. The van der Waals surface area contributed by atoms with Gasteiger partial charge in [0.15, 0.2) is 11.5 Å². The lowest BCUT2D eigenvalue weighted by atomic mass is 10.2. The summed E-state index contributed by atoms with van der Waals surface area (Å²) in [5.41, 5.74) is 2.59. The molecule has 0 bridgehead atoms. The van der Waals surface area contributed by atoms with Crippen LogP contribution < -0.4 is 9.47 Å². The lowest BCUT2D eigenvalue weighted by molar-refractivity contribution is 0.0782. The molecule has 0 saturated carbocycles. The number of ether oxygens (including phenoxy) is 2. The molecule has 1 aromatic heterocycles. The van der Waals surface area contributed by atoms with Gasteiger partial charge in [-0.15, -0.1) is 11.3 Å². The van der Waals surface area contributed by atoms with Crippen LogP contribution in [0.15, 0.2) is 30.4 Å². The topological polar surface area (TPSA) is 51.7 Å². The summed E-state index contributed by atoms with van der Waals surface area (Å²) >= 11 is 1.40. The average Bonchev–Trinajstić information content (AvgIpc) is 2.99. The van der Waals surface area contributed by atoms with Crippen LogP contribution in [0.25, 0.3) is 10.6 Å². The molecule has 1 heterocycles. The van der Waals surface area contributed by atoms with Crippen molar-refractivity contribution in [1.29, 1.82) is 0 Å². The fraction of sp³-hybridized carbons (Fsp3) is 0.368. The van der Waals surface area contributed by atoms with E-state index in [4.69, 9.17) is 9.47 Å². The Balaban J connectivity index is 2.36. The zero-order valence-electron chi connectivity index (χ0n) is 15.4. The van der Waals surface area contributed by atoms with Gasteiger partial charge in [-0.3, -0.25) is 4.79 Å². The first-order valence-electron chi connectivity index (χ1n) is 8.04. The predicted octanol–water partition coefficient (Wildman–Crippen LogP) is 4.17. The molecule has 5 nitrogen and oxygen atoms in total. The van der Waals surface area contributed by atoms with Crippen molar-refractivity contribution < 1.29 is 14.3 Å². The molecule has 1 amide bonds. The van der Waals surface area contributed by atoms with Crippen molar-refractivity contribution in [3.8, 4) is 22.1 Å². The number of hydrogen-bond donors (Lipinski definition) is 0. The van der Waals surface area contributed by atoms with Crippen LogP contribution in [-0.4, -0.2) is 43.1 Å². The summed E-state index contributed by atoms with van der Waals surface area (Å²) in [6.45, 7) is 10.8. The Bertz CT molecular complexity index is 783. The summed E-state index contributed by atoms with van der Waals surface area (Å²) < 4.78 is 10.6. The molecule has 0 unspecified atom stereocenters. The zero-order chi connectivity index (χ0) is 18.6. The smallest absolute Gasteiger partial charge is 0.266 e. The molecule has 0 atom stereocenters. The first-order chi connectivity index (χ1) is 11.9. The van der Waals surface area contributed by atoms with Crippen LogP contribution in [0.1, 0.15) is 29.2 Å². The van der Waals surface area contributed by atoms with Crippen molar-refractivity contribution in [2.45, 2.75) is 20.8 Å². The van der Waals surface area contributed by atoms with Gasteiger partial charge in [0.2, 0.25) is 0 Å². The van der Waals surface area contributed by atoms with Crippen molar-refractivity contribution in [2.24, 2.45) is 0 Å². The molecule has 0 radical (unpaired) electrons. The number of likely N-dealkylation sites (N-methyl/N-ethyl adjacent to an activating group) is 1. The quantitative estimate of drug-likeness (QED) is 0.695. The molecule has 0 saturated heterocycles. The van der Waals surface area contributed by atoms with Crippen LogP contribution in [0.2, 0.25) is 0 Å². The van der Waals surface area contributed by atoms with Gasteiger partial charge in [-0.25, -0.2) is 4.98 Å². The minimum absolute atomic E-state index is 0.00720. The predicted molar refractivity (Wildman–Crippen MR) is 102 cm³/mol. The first kappa shape index (κ1) is 19.0. The highest BCUT2D eigenvalue weighted by atomic mass is 32.1. The van der Waals surface area contributed by atoms with E-state index in [0.717, 1.165) is 21.8 Å². The van der Waals surface area contributed by atoms with Crippen LogP contribution in [-0.2, 0) is 0 Å². The summed E-state index contributed by atoms with van der Waals surface area (Å²) in [5, 5.41) is 0.785. The summed E-state index contributed by atoms with van der Waals surface area (Å²) in [7, 11) is 3.20. The Morgan fingerprint density at radius 2 is 1.96 bits per heavy atom. The van der Waals surface area contributed by atoms with Gasteiger partial charge in [0.1, 0.15) is 9.88 Å². The van der Waals surface area contributed by atoms with E-state index < -0.39 is 0 Å². The van der Waals surface area contributed by atoms with Gasteiger partial charge in [0, 0.05) is 18.7 Å². The number of aryl methyl sites for hydroxylation is 1. The van der Waals surface area contributed by atoms with Crippen molar-refractivity contribution in [1.82, 2.24) is 9.88 Å².